The van der Waals surface area contributed by atoms with Crippen LogP contribution >= 0.6 is 23.2 Å². The number of allylic oxidation sites excluding steroid dienone is 1. The molecule has 8 nitrogen and oxygen atoms in total. The summed E-state index contributed by atoms with van der Waals surface area (Å²) in [7, 11) is 0. The lowest BCUT2D eigenvalue weighted by atomic mass is 10.0. The molecule has 154 valence electrons. The van der Waals surface area contributed by atoms with Crippen LogP contribution in [0.2, 0.25) is 10.0 Å². The van der Waals surface area contributed by atoms with Crippen LogP contribution in [0.5, 0.6) is 11.5 Å². The number of nitrogens with zero attached hydrogens (tertiary/aromatic N) is 3. The van der Waals surface area contributed by atoms with Gasteiger partial charge in [0.1, 0.15) is 0 Å². The summed E-state index contributed by atoms with van der Waals surface area (Å²) in [6.45, 7) is 0. The van der Waals surface area contributed by atoms with Crippen LogP contribution in [-0.4, -0.2) is 9.85 Å². The van der Waals surface area contributed by atoms with E-state index in [4.69, 9.17) is 27.9 Å². The minimum atomic E-state index is -0.805. The molecule has 0 fully saturated rings. The van der Waals surface area contributed by atoms with Crippen LogP contribution in [0.3, 0.4) is 0 Å². The monoisotopic (exact) mass is 455 g/mol. The molecular weight excluding hydrogens is 445 g/mol. The Morgan fingerprint density at radius 2 is 1.61 bits per heavy atom. The van der Waals surface area contributed by atoms with Crippen molar-refractivity contribution in [1.29, 1.82) is 5.26 Å². The Labute approximate surface area is 185 Å². The van der Waals surface area contributed by atoms with Crippen LogP contribution in [0.25, 0.3) is 11.6 Å². The molecule has 0 saturated carbocycles. The van der Waals surface area contributed by atoms with E-state index in [1.54, 1.807) is 30.3 Å². The molecule has 0 atom stereocenters. The molecule has 0 unspecified atom stereocenters. The van der Waals surface area contributed by atoms with Gasteiger partial charge >= 0.3 is 5.69 Å². The molecule has 0 aliphatic rings. The maximum absolute atomic E-state index is 11.3. The predicted octanol–water partition coefficient (Wildman–Crippen LogP) is 6.67. The zero-order valence-electron chi connectivity index (χ0n) is 15.5. The lowest BCUT2D eigenvalue weighted by Gasteiger charge is -2.11. The molecule has 0 aromatic heterocycles. The zero-order valence-corrected chi connectivity index (χ0v) is 17.0. The lowest BCUT2D eigenvalue weighted by Crippen LogP contribution is -1.97. The van der Waals surface area contributed by atoms with E-state index in [0.717, 1.165) is 18.2 Å². The Kier molecular flexibility index (Phi) is 6.50. The van der Waals surface area contributed by atoms with Crippen molar-refractivity contribution in [3.8, 4) is 17.6 Å². The van der Waals surface area contributed by atoms with Gasteiger partial charge in [0.05, 0.1) is 37.6 Å². The van der Waals surface area contributed by atoms with Gasteiger partial charge in [-0.25, -0.2) is 0 Å². The van der Waals surface area contributed by atoms with Gasteiger partial charge in [-0.1, -0.05) is 53.5 Å². The molecule has 0 heterocycles. The Hall–Kier alpha value is -3.93. The summed E-state index contributed by atoms with van der Waals surface area (Å²) in [6, 6.07) is 17.0. The number of halogens is 2. The lowest BCUT2D eigenvalue weighted by molar-refractivity contribution is -0.394. The number of ether oxygens (including phenoxy) is 1. The molecule has 3 aromatic carbocycles. The fourth-order valence-electron chi connectivity index (χ4n) is 2.68. The Balaban J connectivity index is 1.99. The van der Waals surface area contributed by atoms with E-state index in [-0.39, 0.29) is 21.5 Å². The second-order valence-corrected chi connectivity index (χ2v) is 6.93. The first kappa shape index (κ1) is 21.8. The van der Waals surface area contributed by atoms with E-state index >= 15 is 0 Å². The average Bonchev–Trinajstić information content (AvgIpc) is 2.75. The second kappa shape index (κ2) is 9.26. The number of nitro benzene ring substituents is 2. The van der Waals surface area contributed by atoms with Crippen LogP contribution in [0.4, 0.5) is 11.4 Å². The molecule has 0 N–H and O–H groups in total. The molecule has 0 aliphatic carbocycles. The normalized spacial score (nSPS) is 10.9. The summed E-state index contributed by atoms with van der Waals surface area (Å²) in [5.41, 5.74) is 0.537. The van der Waals surface area contributed by atoms with Gasteiger partial charge in [-0.15, -0.1) is 0 Å². The van der Waals surface area contributed by atoms with E-state index in [1.165, 1.54) is 12.1 Å². The Morgan fingerprint density at radius 3 is 2.16 bits per heavy atom. The van der Waals surface area contributed by atoms with Gasteiger partial charge in [0, 0.05) is 6.07 Å². The van der Waals surface area contributed by atoms with Crippen LogP contribution < -0.4 is 4.74 Å². The summed E-state index contributed by atoms with van der Waals surface area (Å²) in [5, 5.41) is 31.7. The quantitative estimate of drug-likeness (QED) is 0.177. The molecule has 0 radical (unpaired) electrons. The molecule has 3 aromatic rings. The standard InChI is InChI=1S/C21H11Cl2N3O5/c22-17-9-13(8-15(12-24)14-4-2-1-3-5-14)10-18(23)21(17)31-20-7-6-16(25(27)28)11-19(20)26(29)30/h1-11H/b15-8+. The third kappa shape index (κ3) is 4.98. The molecule has 0 aliphatic heterocycles. The van der Waals surface area contributed by atoms with Crippen molar-refractivity contribution in [2.45, 2.75) is 0 Å². The van der Waals surface area contributed by atoms with Gasteiger partial charge in [0.25, 0.3) is 5.69 Å². The summed E-state index contributed by atoms with van der Waals surface area (Å²) < 4.78 is 5.52. The van der Waals surface area contributed by atoms with E-state index < -0.39 is 21.2 Å². The molecular formula is C21H11Cl2N3O5. The Morgan fingerprint density at radius 1 is 0.968 bits per heavy atom. The van der Waals surface area contributed by atoms with E-state index in [1.807, 2.05) is 6.07 Å². The number of non-ortho nitro benzene ring substituents is 1. The van der Waals surface area contributed by atoms with Crippen molar-refractivity contribution in [3.05, 3.63) is 102 Å². The van der Waals surface area contributed by atoms with Crippen molar-refractivity contribution in [1.82, 2.24) is 0 Å². The molecule has 10 heteroatoms. The molecule has 0 spiro atoms. The molecule has 0 amide bonds. The molecule has 0 saturated heterocycles. The summed E-state index contributed by atoms with van der Waals surface area (Å²) in [6.07, 6.45) is 1.59. The fraction of sp³-hybridized carbons (Fsp3) is 0. The molecule has 3 rings (SSSR count). The summed E-state index contributed by atoms with van der Waals surface area (Å²) in [5.74, 6) is -0.319. The van der Waals surface area contributed by atoms with E-state index in [0.29, 0.717) is 16.7 Å². The van der Waals surface area contributed by atoms with Gasteiger partial charge < -0.3 is 4.74 Å². The van der Waals surface area contributed by atoms with E-state index in [2.05, 4.69) is 6.07 Å². The molecule has 0 bridgehead atoms. The van der Waals surface area contributed by atoms with Crippen LogP contribution in [0.15, 0.2) is 60.7 Å². The highest BCUT2D eigenvalue weighted by Gasteiger charge is 2.23. The van der Waals surface area contributed by atoms with Crippen molar-refractivity contribution >= 4 is 46.2 Å². The summed E-state index contributed by atoms with van der Waals surface area (Å²) >= 11 is 12.5. The predicted molar refractivity (Wildman–Crippen MR) is 116 cm³/mol. The van der Waals surface area contributed by atoms with Gasteiger partial charge in [0.15, 0.2) is 5.75 Å². The van der Waals surface area contributed by atoms with Crippen molar-refractivity contribution in [2.24, 2.45) is 0 Å². The third-order valence-corrected chi connectivity index (χ3v) is 4.66. The van der Waals surface area contributed by atoms with E-state index in [9.17, 15) is 25.5 Å². The van der Waals surface area contributed by atoms with Gasteiger partial charge in [-0.3, -0.25) is 20.2 Å². The summed E-state index contributed by atoms with van der Waals surface area (Å²) in [4.78, 5) is 20.6. The van der Waals surface area contributed by atoms with Crippen molar-refractivity contribution in [3.63, 3.8) is 0 Å². The maximum atomic E-state index is 11.3. The van der Waals surface area contributed by atoms with Crippen molar-refractivity contribution < 1.29 is 14.6 Å². The van der Waals surface area contributed by atoms with Crippen LogP contribution in [-0.2, 0) is 0 Å². The highest BCUT2D eigenvalue weighted by Crippen LogP contribution is 2.41. The number of hydrogen-bond acceptors (Lipinski definition) is 6. The second-order valence-electron chi connectivity index (χ2n) is 6.12. The zero-order chi connectivity index (χ0) is 22.5. The largest absolute Gasteiger partial charge is 0.447 e. The third-order valence-electron chi connectivity index (χ3n) is 4.10. The minimum Gasteiger partial charge on any atom is -0.447 e. The fourth-order valence-corrected chi connectivity index (χ4v) is 3.26. The smallest absolute Gasteiger partial charge is 0.318 e. The van der Waals surface area contributed by atoms with Crippen LogP contribution in [0.1, 0.15) is 11.1 Å². The van der Waals surface area contributed by atoms with Gasteiger partial charge in [0.2, 0.25) is 5.75 Å². The number of nitriles is 1. The Bertz CT molecular complexity index is 1230. The minimum absolute atomic E-state index is 0.0387. The van der Waals surface area contributed by atoms with Gasteiger partial charge in [-0.05, 0) is 35.4 Å². The van der Waals surface area contributed by atoms with Gasteiger partial charge in [-0.2, -0.15) is 5.26 Å². The highest BCUT2D eigenvalue weighted by atomic mass is 35.5. The SMILES string of the molecule is N#C/C(=C\c1cc(Cl)c(Oc2ccc([N+](=O)[O-])cc2[N+](=O)[O-])c(Cl)c1)c1ccccc1. The highest BCUT2D eigenvalue weighted by molar-refractivity contribution is 6.37. The number of nitro groups is 2. The first-order valence-corrected chi connectivity index (χ1v) is 9.32. The first-order valence-electron chi connectivity index (χ1n) is 8.57. The molecule has 31 heavy (non-hydrogen) atoms. The maximum Gasteiger partial charge on any atom is 0.318 e. The first-order chi connectivity index (χ1) is 14.8. The van der Waals surface area contributed by atoms with Crippen LogP contribution in [0, 0.1) is 31.6 Å². The van der Waals surface area contributed by atoms with Crippen molar-refractivity contribution in [2.75, 3.05) is 0 Å². The topological polar surface area (TPSA) is 119 Å². The average molecular weight is 456 g/mol. The number of benzene rings is 3. The number of hydrogen-bond donors (Lipinski definition) is 0. The number of rotatable bonds is 6.